The maximum atomic E-state index is 4.18. The molecular formula is C14H12Br2N4S. The smallest absolute Gasteiger partial charge is 0.165 e. The molecule has 1 N–H and O–H groups in total. The monoisotopic (exact) mass is 426 g/mol. The molecule has 0 fully saturated rings. The lowest BCUT2D eigenvalue weighted by molar-refractivity contribution is 0.919. The van der Waals surface area contributed by atoms with Gasteiger partial charge >= 0.3 is 0 Å². The highest BCUT2D eigenvalue weighted by atomic mass is 79.9. The summed E-state index contributed by atoms with van der Waals surface area (Å²) < 4.78 is 4.12. The molecule has 0 saturated carbocycles. The molecule has 0 aliphatic carbocycles. The minimum absolute atomic E-state index is 0.768. The zero-order valence-electron chi connectivity index (χ0n) is 11.2. The van der Waals surface area contributed by atoms with E-state index in [-0.39, 0.29) is 0 Å². The highest BCUT2D eigenvalue weighted by Gasteiger charge is 2.10. The first-order valence-corrected chi connectivity index (χ1v) is 8.66. The summed E-state index contributed by atoms with van der Waals surface area (Å²) in [6.45, 7) is 0.768. The lowest BCUT2D eigenvalue weighted by atomic mass is 10.1. The van der Waals surface area contributed by atoms with Crippen molar-refractivity contribution in [3.63, 3.8) is 0 Å². The molecule has 2 aromatic heterocycles. The van der Waals surface area contributed by atoms with E-state index in [1.165, 1.54) is 4.88 Å². The topological polar surface area (TPSA) is 42.7 Å². The fraction of sp³-hybridized carbons (Fsp3) is 0.143. The first kappa shape index (κ1) is 14.7. The van der Waals surface area contributed by atoms with E-state index in [0.29, 0.717) is 0 Å². The van der Waals surface area contributed by atoms with E-state index in [0.717, 1.165) is 31.9 Å². The number of nitrogens with one attached hydrogen (secondary N) is 1. The van der Waals surface area contributed by atoms with Crippen LogP contribution < -0.4 is 5.32 Å². The van der Waals surface area contributed by atoms with Crippen LogP contribution in [-0.2, 0) is 13.6 Å². The summed E-state index contributed by atoms with van der Waals surface area (Å²) in [6, 6.07) is 10.2. The Balaban J connectivity index is 1.84. The van der Waals surface area contributed by atoms with E-state index in [2.05, 4.69) is 59.5 Å². The number of aromatic nitrogens is 3. The third kappa shape index (κ3) is 3.20. The van der Waals surface area contributed by atoms with Gasteiger partial charge in [-0.3, -0.25) is 0 Å². The highest BCUT2D eigenvalue weighted by molar-refractivity contribution is 9.13. The zero-order chi connectivity index (χ0) is 14.8. The van der Waals surface area contributed by atoms with Crippen LogP contribution in [0.25, 0.3) is 11.4 Å². The van der Waals surface area contributed by atoms with Gasteiger partial charge in [-0.15, -0.1) is 21.5 Å². The van der Waals surface area contributed by atoms with Crippen LogP contribution in [0.3, 0.4) is 0 Å². The Kier molecular flexibility index (Phi) is 4.42. The average molecular weight is 428 g/mol. The Hall–Kier alpha value is -1.18. The van der Waals surface area contributed by atoms with E-state index in [1.54, 1.807) is 17.7 Å². The fourth-order valence-corrected chi connectivity index (χ4v) is 4.14. The Morgan fingerprint density at radius 2 is 2.10 bits per heavy atom. The van der Waals surface area contributed by atoms with Gasteiger partial charge < -0.3 is 9.88 Å². The van der Waals surface area contributed by atoms with Crippen LogP contribution in [0.2, 0.25) is 0 Å². The molecule has 108 valence electrons. The quantitative estimate of drug-likeness (QED) is 0.657. The minimum atomic E-state index is 0.768. The lowest BCUT2D eigenvalue weighted by Crippen LogP contribution is -2.01. The number of anilines is 1. The molecule has 3 rings (SSSR count). The first-order chi connectivity index (χ1) is 10.1. The standard InChI is InChI=1S/C14H12Br2N4S/c1-20-8-18-19-14(20)10-4-2-3-5-12(10)17-7-9-6-11(15)13(16)21-9/h2-6,8,17H,7H2,1H3. The van der Waals surface area contributed by atoms with Crippen molar-refractivity contribution >= 4 is 48.9 Å². The molecule has 4 nitrogen and oxygen atoms in total. The SMILES string of the molecule is Cn1cnnc1-c1ccccc1NCc1cc(Br)c(Br)s1. The number of rotatable bonds is 4. The normalized spacial score (nSPS) is 10.8. The van der Waals surface area contributed by atoms with Crippen LogP contribution in [0.15, 0.2) is 44.9 Å². The Labute approximate surface area is 143 Å². The number of thiophene rings is 1. The number of aryl methyl sites for hydroxylation is 1. The summed E-state index contributed by atoms with van der Waals surface area (Å²) >= 11 is 8.75. The second-order valence-corrected chi connectivity index (χ2v) is 7.81. The third-order valence-corrected chi connectivity index (χ3v) is 6.28. The third-order valence-electron chi connectivity index (χ3n) is 3.03. The molecule has 0 bridgehead atoms. The maximum absolute atomic E-state index is 4.18. The summed E-state index contributed by atoms with van der Waals surface area (Å²) in [6.07, 6.45) is 1.71. The molecule has 0 aliphatic rings. The Morgan fingerprint density at radius 3 is 2.76 bits per heavy atom. The second kappa shape index (κ2) is 6.29. The van der Waals surface area contributed by atoms with Crippen LogP contribution >= 0.6 is 43.2 Å². The van der Waals surface area contributed by atoms with Gasteiger partial charge in [-0.1, -0.05) is 12.1 Å². The number of halogens is 2. The molecule has 0 atom stereocenters. The van der Waals surface area contributed by atoms with Crippen LogP contribution in [0, 0.1) is 0 Å². The summed E-state index contributed by atoms with van der Waals surface area (Å²) in [5.41, 5.74) is 2.10. The van der Waals surface area contributed by atoms with E-state index >= 15 is 0 Å². The van der Waals surface area contributed by atoms with E-state index in [4.69, 9.17) is 0 Å². The van der Waals surface area contributed by atoms with E-state index in [1.807, 2.05) is 29.8 Å². The average Bonchev–Trinajstić information content (AvgIpc) is 3.03. The van der Waals surface area contributed by atoms with Crippen LogP contribution in [0.4, 0.5) is 5.69 Å². The Morgan fingerprint density at radius 1 is 1.29 bits per heavy atom. The molecule has 0 spiro atoms. The van der Waals surface area contributed by atoms with E-state index < -0.39 is 0 Å². The molecule has 0 aliphatic heterocycles. The maximum Gasteiger partial charge on any atom is 0.165 e. The van der Waals surface area contributed by atoms with Gasteiger partial charge in [0.05, 0.1) is 3.79 Å². The largest absolute Gasteiger partial charge is 0.380 e. The van der Waals surface area contributed by atoms with Gasteiger partial charge in [0.1, 0.15) is 6.33 Å². The van der Waals surface area contributed by atoms with Crippen molar-refractivity contribution < 1.29 is 0 Å². The van der Waals surface area contributed by atoms with Crippen molar-refractivity contribution in [2.45, 2.75) is 6.54 Å². The van der Waals surface area contributed by atoms with Gasteiger partial charge in [-0.25, -0.2) is 0 Å². The van der Waals surface area contributed by atoms with Gasteiger partial charge in [0.15, 0.2) is 5.82 Å². The molecule has 0 unspecified atom stereocenters. The van der Waals surface area contributed by atoms with Crippen LogP contribution in [0.5, 0.6) is 0 Å². The minimum Gasteiger partial charge on any atom is -0.380 e. The van der Waals surface area contributed by atoms with Crippen molar-refractivity contribution in [3.05, 3.63) is 49.8 Å². The van der Waals surface area contributed by atoms with Crippen molar-refractivity contribution in [2.75, 3.05) is 5.32 Å². The summed E-state index contributed by atoms with van der Waals surface area (Å²) in [4.78, 5) is 1.25. The number of nitrogens with zero attached hydrogens (tertiary/aromatic N) is 3. The molecule has 0 saturated heterocycles. The van der Waals surface area contributed by atoms with E-state index in [9.17, 15) is 0 Å². The summed E-state index contributed by atoms with van der Waals surface area (Å²) in [7, 11) is 1.94. The molecule has 7 heteroatoms. The fourth-order valence-electron chi connectivity index (χ4n) is 2.02. The summed E-state index contributed by atoms with van der Waals surface area (Å²) in [5, 5.41) is 11.6. The number of benzene rings is 1. The van der Waals surface area contributed by atoms with Crippen molar-refractivity contribution in [2.24, 2.45) is 7.05 Å². The molecular weight excluding hydrogens is 416 g/mol. The molecule has 3 aromatic rings. The molecule has 21 heavy (non-hydrogen) atoms. The number of hydrogen-bond donors (Lipinski definition) is 1. The van der Waals surface area contributed by atoms with Crippen molar-refractivity contribution in [1.82, 2.24) is 14.8 Å². The zero-order valence-corrected chi connectivity index (χ0v) is 15.2. The molecule has 0 radical (unpaired) electrons. The number of para-hydroxylation sites is 1. The van der Waals surface area contributed by atoms with Gasteiger partial charge in [0.2, 0.25) is 0 Å². The van der Waals surface area contributed by atoms with Gasteiger partial charge in [0, 0.05) is 34.2 Å². The molecule has 1 aromatic carbocycles. The molecule has 0 amide bonds. The second-order valence-electron chi connectivity index (χ2n) is 4.50. The first-order valence-electron chi connectivity index (χ1n) is 6.26. The van der Waals surface area contributed by atoms with Gasteiger partial charge in [0.25, 0.3) is 0 Å². The predicted octanol–water partition coefficient (Wildman–Crippen LogP) is 4.68. The molecule has 2 heterocycles. The van der Waals surface area contributed by atoms with Crippen molar-refractivity contribution in [3.8, 4) is 11.4 Å². The Bertz CT molecular complexity index is 746. The number of hydrogen-bond acceptors (Lipinski definition) is 4. The van der Waals surface area contributed by atoms with Crippen LogP contribution in [0.1, 0.15) is 4.88 Å². The van der Waals surface area contributed by atoms with Gasteiger partial charge in [-0.05, 0) is 50.1 Å². The summed E-state index contributed by atoms with van der Waals surface area (Å²) in [5.74, 6) is 0.853. The van der Waals surface area contributed by atoms with Crippen LogP contribution in [-0.4, -0.2) is 14.8 Å². The highest BCUT2D eigenvalue weighted by Crippen LogP contribution is 2.33. The van der Waals surface area contributed by atoms with Gasteiger partial charge in [-0.2, -0.15) is 0 Å². The van der Waals surface area contributed by atoms with Crippen molar-refractivity contribution in [1.29, 1.82) is 0 Å². The predicted molar refractivity (Wildman–Crippen MR) is 93.5 cm³/mol. The lowest BCUT2D eigenvalue weighted by Gasteiger charge is -2.10.